The zero-order valence-electron chi connectivity index (χ0n) is 7.64. The van der Waals surface area contributed by atoms with Crippen LogP contribution < -0.4 is 0 Å². The third kappa shape index (κ3) is 1.20. The van der Waals surface area contributed by atoms with E-state index in [1.165, 1.54) is 0 Å². The third-order valence-corrected chi connectivity index (χ3v) is 1.81. The van der Waals surface area contributed by atoms with Crippen LogP contribution in [0.1, 0.15) is 11.6 Å². The highest BCUT2D eigenvalue weighted by atomic mass is 16.5. The van der Waals surface area contributed by atoms with Gasteiger partial charge in [-0.25, -0.2) is 0 Å². The molecule has 0 N–H and O–H groups in total. The van der Waals surface area contributed by atoms with Gasteiger partial charge in [-0.2, -0.15) is 4.98 Å². The first kappa shape index (κ1) is 7.90. The van der Waals surface area contributed by atoms with Crippen molar-refractivity contribution in [1.82, 2.24) is 24.9 Å². The molecule has 2 rings (SSSR count). The standard InChI is InChI=1S/C7H9N5O/c1-4-8-7(13-11-4)6-10-9-5(2)12(6)3/h1-3H3. The van der Waals surface area contributed by atoms with E-state index in [4.69, 9.17) is 4.52 Å². The molecule has 0 aliphatic carbocycles. The largest absolute Gasteiger partial charge is 0.330 e. The summed E-state index contributed by atoms with van der Waals surface area (Å²) in [5, 5.41) is 11.5. The van der Waals surface area contributed by atoms with Gasteiger partial charge in [-0.1, -0.05) is 5.16 Å². The van der Waals surface area contributed by atoms with Crippen molar-refractivity contribution in [2.24, 2.45) is 7.05 Å². The van der Waals surface area contributed by atoms with Gasteiger partial charge in [0.25, 0.3) is 5.89 Å². The molecule has 6 nitrogen and oxygen atoms in total. The first-order valence-corrected chi connectivity index (χ1v) is 3.85. The third-order valence-electron chi connectivity index (χ3n) is 1.81. The minimum atomic E-state index is 0.403. The maximum absolute atomic E-state index is 4.96. The lowest BCUT2D eigenvalue weighted by molar-refractivity contribution is 0.421. The Morgan fingerprint density at radius 3 is 2.46 bits per heavy atom. The molecule has 0 bridgehead atoms. The minimum absolute atomic E-state index is 0.403. The van der Waals surface area contributed by atoms with Crippen LogP contribution in [0.4, 0.5) is 0 Å². The van der Waals surface area contributed by atoms with Gasteiger partial charge in [-0.3, -0.25) is 0 Å². The van der Waals surface area contributed by atoms with Gasteiger partial charge in [0.1, 0.15) is 5.82 Å². The number of aryl methyl sites for hydroxylation is 2. The van der Waals surface area contributed by atoms with Crippen LogP contribution in [0.25, 0.3) is 11.7 Å². The summed E-state index contributed by atoms with van der Waals surface area (Å²) < 4.78 is 6.76. The Morgan fingerprint density at radius 2 is 2.00 bits per heavy atom. The van der Waals surface area contributed by atoms with E-state index in [-0.39, 0.29) is 0 Å². The molecule has 13 heavy (non-hydrogen) atoms. The molecule has 0 amide bonds. The molecule has 6 heteroatoms. The average Bonchev–Trinajstić information content (AvgIpc) is 2.62. The average molecular weight is 179 g/mol. The van der Waals surface area contributed by atoms with Gasteiger partial charge in [-0.05, 0) is 13.8 Å². The van der Waals surface area contributed by atoms with E-state index < -0.39 is 0 Å². The lowest BCUT2D eigenvalue weighted by atomic mass is 10.5. The number of nitrogens with zero attached hydrogens (tertiary/aromatic N) is 5. The number of aromatic nitrogens is 5. The highest BCUT2D eigenvalue weighted by molar-refractivity contribution is 5.39. The second-order valence-corrected chi connectivity index (χ2v) is 2.78. The number of rotatable bonds is 1. The lowest BCUT2D eigenvalue weighted by Crippen LogP contribution is -1.94. The van der Waals surface area contributed by atoms with Crippen molar-refractivity contribution in [2.45, 2.75) is 13.8 Å². The van der Waals surface area contributed by atoms with Gasteiger partial charge in [0.05, 0.1) is 0 Å². The molecule has 0 saturated heterocycles. The zero-order valence-corrected chi connectivity index (χ0v) is 7.64. The molecular formula is C7H9N5O. The van der Waals surface area contributed by atoms with Gasteiger partial charge < -0.3 is 9.09 Å². The summed E-state index contributed by atoms with van der Waals surface area (Å²) in [4.78, 5) is 4.05. The van der Waals surface area contributed by atoms with Crippen LogP contribution in [0.2, 0.25) is 0 Å². The second-order valence-electron chi connectivity index (χ2n) is 2.78. The monoisotopic (exact) mass is 179 g/mol. The van der Waals surface area contributed by atoms with Crippen molar-refractivity contribution < 1.29 is 4.52 Å². The lowest BCUT2D eigenvalue weighted by Gasteiger charge is -1.93. The molecule has 0 unspecified atom stereocenters. The normalized spacial score (nSPS) is 10.7. The maximum Gasteiger partial charge on any atom is 0.295 e. The van der Waals surface area contributed by atoms with E-state index in [0.717, 1.165) is 5.82 Å². The predicted octanol–water partition coefficient (Wildman–Crippen LogP) is 0.482. The second kappa shape index (κ2) is 2.65. The topological polar surface area (TPSA) is 69.6 Å². The minimum Gasteiger partial charge on any atom is -0.330 e. The molecule has 0 aliphatic rings. The molecule has 0 fully saturated rings. The molecule has 0 spiro atoms. The predicted molar refractivity (Wildman–Crippen MR) is 43.8 cm³/mol. The highest BCUT2D eigenvalue weighted by Crippen LogP contribution is 2.13. The van der Waals surface area contributed by atoms with Crippen LogP contribution in [-0.2, 0) is 7.05 Å². The number of hydrogen-bond donors (Lipinski definition) is 0. The summed E-state index contributed by atoms with van der Waals surface area (Å²) in [6.45, 7) is 3.62. The van der Waals surface area contributed by atoms with Crippen LogP contribution in [0.5, 0.6) is 0 Å². The fourth-order valence-corrected chi connectivity index (χ4v) is 0.981. The Hall–Kier alpha value is -1.72. The summed E-state index contributed by atoms with van der Waals surface area (Å²) in [6.07, 6.45) is 0. The van der Waals surface area contributed by atoms with E-state index in [2.05, 4.69) is 20.3 Å². The Bertz CT molecular complexity index is 430. The van der Waals surface area contributed by atoms with Crippen LogP contribution in [-0.4, -0.2) is 24.9 Å². The first-order chi connectivity index (χ1) is 6.18. The molecule has 0 radical (unpaired) electrons. The fraction of sp³-hybridized carbons (Fsp3) is 0.429. The quantitative estimate of drug-likeness (QED) is 0.636. The Labute approximate surface area is 74.6 Å². The molecular weight excluding hydrogens is 170 g/mol. The molecule has 0 aliphatic heterocycles. The van der Waals surface area contributed by atoms with E-state index in [1.807, 2.05) is 14.0 Å². The smallest absolute Gasteiger partial charge is 0.295 e. The van der Waals surface area contributed by atoms with Crippen molar-refractivity contribution in [3.05, 3.63) is 11.6 Å². The van der Waals surface area contributed by atoms with E-state index >= 15 is 0 Å². The summed E-state index contributed by atoms with van der Waals surface area (Å²) in [7, 11) is 1.85. The Balaban J connectivity index is 2.52. The molecule has 2 heterocycles. The van der Waals surface area contributed by atoms with Gasteiger partial charge in [0, 0.05) is 7.05 Å². The summed E-state index contributed by atoms with van der Waals surface area (Å²) in [5.41, 5.74) is 0. The van der Waals surface area contributed by atoms with Crippen LogP contribution in [0.3, 0.4) is 0 Å². The maximum atomic E-state index is 4.96. The van der Waals surface area contributed by atoms with Gasteiger partial charge in [0.15, 0.2) is 5.82 Å². The van der Waals surface area contributed by atoms with Crippen LogP contribution >= 0.6 is 0 Å². The van der Waals surface area contributed by atoms with E-state index in [1.54, 1.807) is 11.5 Å². The molecule has 68 valence electrons. The first-order valence-electron chi connectivity index (χ1n) is 3.85. The van der Waals surface area contributed by atoms with Crippen molar-refractivity contribution in [1.29, 1.82) is 0 Å². The fourth-order valence-electron chi connectivity index (χ4n) is 0.981. The van der Waals surface area contributed by atoms with Crippen molar-refractivity contribution in [3.8, 4) is 11.7 Å². The van der Waals surface area contributed by atoms with Crippen molar-refractivity contribution in [3.63, 3.8) is 0 Å². The van der Waals surface area contributed by atoms with Gasteiger partial charge >= 0.3 is 0 Å². The SMILES string of the molecule is Cc1noc(-c2nnc(C)n2C)n1. The van der Waals surface area contributed by atoms with E-state index in [0.29, 0.717) is 17.5 Å². The van der Waals surface area contributed by atoms with Gasteiger partial charge in [-0.15, -0.1) is 10.2 Å². The molecule has 2 aromatic heterocycles. The number of hydrogen-bond acceptors (Lipinski definition) is 5. The molecule has 0 saturated carbocycles. The van der Waals surface area contributed by atoms with Crippen LogP contribution in [0.15, 0.2) is 4.52 Å². The Kier molecular flexibility index (Phi) is 1.61. The highest BCUT2D eigenvalue weighted by Gasteiger charge is 2.13. The summed E-state index contributed by atoms with van der Waals surface area (Å²) >= 11 is 0. The van der Waals surface area contributed by atoms with Crippen molar-refractivity contribution >= 4 is 0 Å². The van der Waals surface area contributed by atoms with Crippen LogP contribution in [0, 0.1) is 13.8 Å². The van der Waals surface area contributed by atoms with E-state index in [9.17, 15) is 0 Å². The molecule has 0 aromatic carbocycles. The Morgan fingerprint density at radius 1 is 1.23 bits per heavy atom. The summed E-state index contributed by atoms with van der Waals surface area (Å²) in [6, 6.07) is 0. The zero-order chi connectivity index (χ0) is 9.42. The summed E-state index contributed by atoms with van der Waals surface area (Å²) in [5.74, 6) is 2.40. The van der Waals surface area contributed by atoms with Crippen molar-refractivity contribution in [2.75, 3.05) is 0 Å². The molecule has 0 atom stereocenters. The van der Waals surface area contributed by atoms with Gasteiger partial charge in [0.2, 0.25) is 5.82 Å². The molecule has 2 aromatic rings.